The molecule has 0 radical (unpaired) electrons. The minimum atomic E-state index is -1.49. The molecule has 5 heteroatoms. The van der Waals surface area contributed by atoms with E-state index in [1.165, 1.54) is 18.4 Å². The van der Waals surface area contributed by atoms with Crippen molar-refractivity contribution in [1.29, 1.82) is 0 Å². The molecule has 2 aromatic rings. The molecule has 0 unspecified atom stereocenters. The van der Waals surface area contributed by atoms with Crippen LogP contribution in [-0.2, 0) is 0 Å². The highest BCUT2D eigenvalue weighted by atomic mass is 79.9. The quantitative estimate of drug-likeness (QED) is 0.591. The van der Waals surface area contributed by atoms with Crippen molar-refractivity contribution in [2.24, 2.45) is 0 Å². The van der Waals surface area contributed by atoms with Crippen molar-refractivity contribution < 1.29 is 10.2 Å². The van der Waals surface area contributed by atoms with Gasteiger partial charge in [-0.25, -0.2) is 4.98 Å². The van der Waals surface area contributed by atoms with Crippen molar-refractivity contribution in [2.45, 2.75) is 25.0 Å². The summed E-state index contributed by atoms with van der Waals surface area (Å²) in [5.74, 6) is 0.580. The van der Waals surface area contributed by atoms with Gasteiger partial charge in [-0.1, -0.05) is 6.07 Å². The Kier molecular flexibility index (Phi) is 3.74. The molecule has 1 aliphatic rings. The Hall–Kier alpha value is -1.43. The normalized spacial score (nSPS) is 14.6. The van der Waals surface area contributed by atoms with E-state index in [0.29, 0.717) is 17.2 Å². The van der Waals surface area contributed by atoms with E-state index in [9.17, 15) is 10.2 Å². The molecule has 1 aromatic heterocycles. The monoisotopic (exact) mass is 334 g/mol. The summed E-state index contributed by atoms with van der Waals surface area (Å²) in [6.45, 7) is 0. The summed E-state index contributed by atoms with van der Waals surface area (Å²) in [6.07, 6.45) is 2.57. The van der Waals surface area contributed by atoms with E-state index in [-0.39, 0.29) is 0 Å². The molecule has 20 heavy (non-hydrogen) atoms. The standard InChI is InChI=1S/C15H15BrN2O2/c16-14-6-4-11(8-17-14)18-13-5-3-10(9-1-2-9)7-12(13)15(19)20/h3-9,15,18-20H,1-2H2. The summed E-state index contributed by atoms with van der Waals surface area (Å²) in [5, 5.41) is 22.3. The molecular formula is C15H15BrN2O2. The van der Waals surface area contributed by atoms with Crippen LogP contribution < -0.4 is 5.32 Å². The molecule has 0 aliphatic heterocycles. The second-order valence-corrected chi connectivity index (χ2v) is 5.80. The van der Waals surface area contributed by atoms with Crippen LogP contribution in [0.4, 0.5) is 11.4 Å². The Morgan fingerprint density at radius 1 is 1.20 bits per heavy atom. The number of hydrogen-bond donors (Lipinski definition) is 3. The van der Waals surface area contributed by atoms with E-state index in [1.807, 2.05) is 30.3 Å². The smallest absolute Gasteiger partial charge is 0.180 e. The largest absolute Gasteiger partial charge is 0.364 e. The van der Waals surface area contributed by atoms with E-state index in [2.05, 4.69) is 26.2 Å². The second kappa shape index (κ2) is 5.52. The zero-order valence-electron chi connectivity index (χ0n) is 10.8. The molecular weight excluding hydrogens is 320 g/mol. The predicted molar refractivity (Wildman–Crippen MR) is 80.8 cm³/mol. The summed E-state index contributed by atoms with van der Waals surface area (Å²) < 4.78 is 0.759. The molecule has 3 rings (SSSR count). The number of benzene rings is 1. The number of nitrogens with zero attached hydrogens (tertiary/aromatic N) is 1. The highest BCUT2D eigenvalue weighted by molar-refractivity contribution is 9.10. The Bertz CT molecular complexity index is 610. The van der Waals surface area contributed by atoms with Gasteiger partial charge in [0.05, 0.1) is 11.9 Å². The fourth-order valence-electron chi connectivity index (χ4n) is 2.18. The summed E-state index contributed by atoms with van der Waals surface area (Å²) in [6, 6.07) is 9.51. The number of hydrogen-bond acceptors (Lipinski definition) is 4. The number of rotatable bonds is 4. The van der Waals surface area contributed by atoms with E-state index in [1.54, 1.807) is 6.20 Å². The minimum Gasteiger partial charge on any atom is -0.364 e. The molecule has 0 bridgehead atoms. The van der Waals surface area contributed by atoms with Gasteiger partial charge in [-0.15, -0.1) is 0 Å². The zero-order valence-corrected chi connectivity index (χ0v) is 12.3. The molecule has 104 valence electrons. The molecule has 1 aliphatic carbocycles. The highest BCUT2D eigenvalue weighted by Gasteiger charge is 2.24. The molecule has 1 saturated carbocycles. The van der Waals surface area contributed by atoms with E-state index in [4.69, 9.17) is 0 Å². The van der Waals surface area contributed by atoms with Crippen LogP contribution in [0.5, 0.6) is 0 Å². The Balaban J connectivity index is 1.89. The predicted octanol–water partition coefficient (Wildman–Crippen LogP) is 3.45. The van der Waals surface area contributed by atoms with E-state index < -0.39 is 6.29 Å². The molecule has 4 nitrogen and oxygen atoms in total. The van der Waals surface area contributed by atoms with Gasteiger partial charge in [-0.3, -0.25) is 0 Å². The van der Waals surface area contributed by atoms with Crippen molar-refractivity contribution in [1.82, 2.24) is 4.98 Å². The van der Waals surface area contributed by atoms with Crippen LogP contribution in [0, 0.1) is 0 Å². The minimum absolute atomic E-state index is 0.498. The average Bonchev–Trinajstić information content (AvgIpc) is 3.26. The summed E-state index contributed by atoms with van der Waals surface area (Å²) in [5.41, 5.74) is 3.16. The van der Waals surface area contributed by atoms with Gasteiger partial charge >= 0.3 is 0 Å². The maximum Gasteiger partial charge on any atom is 0.180 e. The lowest BCUT2D eigenvalue weighted by Gasteiger charge is -2.15. The molecule has 0 atom stereocenters. The van der Waals surface area contributed by atoms with Crippen molar-refractivity contribution in [3.05, 3.63) is 52.3 Å². The van der Waals surface area contributed by atoms with E-state index >= 15 is 0 Å². The van der Waals surface area contributed by atoms with E-state index in [0.717, 1.165) is 10.3 Å². The average molecular weight is 335 g/mol. The van der Waals surface area contributed by atoms with Gasteiger partial charge in [0.2, 0.25) is 0 Å². The van der Waals surface area contributed by atoms with Crippen LogP contribution in [0.1, 0.15) is 36.2 Å². The van der Waals surface area contributed by atoms with Crippen LogP contribution in [0.3, 0.4) is 0 Å². The maximum absolute atomic E-state index is 9.55. The Labute approximate surface area is 125 Å². The second-order valence-electron chi connectivity index (χ2n) is 4.99. The fraction of sp³-hybridized carbons (Fsp3) is 0.267. The number of anilines is 2. The fourth-order valence-corrected chi connectivity index (χ4v) is 2.42. The summed E-state index contributed by atoms with van der Waals surface area (Å²) in [7, 11) is 0. The zero-order chi connectivity index (χ0) is 14.1. The van der Waals surface area contributed by atoms with Crippen molar-refractivity contribution in [2.75, 3.05) is 5.32 Å². The van der Waals surface area contributed by atoms with Gasteiger partial charge in [-0.05, 0) is 64.5 Å². The Morgan fingerprint density at radius 2 is 2.00 bits per heavy atom. The van der Waals surface area contributed by atoms with Crippen LogP contribution in [0.25, 0.3) is 0 Å². The molecule has 0 amide bonds. The van der Waals surface area contributed by atoms with Crippen LogP contribution >= 0.6 is 15.9 Å². The van der Waals surface area contributed by atoms with Gasteiger partial charge in [0, 0.05) is 11.3 Å². The third kappa shape index (κ3) is 3.00. The van der Waals surface area contributed by atoms with Crippen molar-refractivity contribution in [3.8, 4) is 0 Å². The topological polar surface area (TPSA) is 65.4 Å². The number of halogens is 1. The number of aliphatic hydroxyl groups is 2. The number of aliphatic hydroxyl groups excluding tert-OH is 1. The number of pyridine rings is 1. The van der Waals surface area contributed by atoms with Gasteiger partial charge in [0.25, 0.3) is 0 Å². The lowest BCUT2D eigenvalue weighted by molar-refractivity contribution is -0.0419. The lowest BCUT2D eigenvalue weighted by Crippen LogP contribution is -2.02. The van der Waals surface area contributed by atoms with Crippen LogP contribution in [0.15, 0.2) is 41.1 Å². The molecule has 1 heterocycles. The summed E-state index contributed by atoms with van der Waals surface area (Å²) in [4.78, 5) is 4.13. The summed E-state index contributed by atoms with van der Waals surface area (Å²) >= 11 is 3.28. The SMILES string of the molecule is OC(O)c1cc(C2CC2)ccc1Nc1ccc(Br)nc1. The first-order valence-corrected chi connectivity index (χ1v) is 7.31. The number of nitrogens with one attached hydrogen (secondary N) is 1. The van der Waals surface area contributed by atoms with Gasteiger partial charge in [0.1, 0.15) is 4.60 Å². The third-order valence-electron chi connectivity index (χ3n) is 3.41. The Morgan fingerprint density at radius 3 is 2.60 bits per heavy atom. The molecule has 1 fully saturated rings. The van der Waals surface area contributed by atoms with Gasteiger partial charge in [0.15, 0.2) is 6.29 Å². The maximum atomic E-state index is 9.55. The van der Waals surface area contributed by atoms with Crippen LogP contribution in [0.2, 0.25) is 0 Å². The third-order valence-corrected chi connectivity index (χ3v) is 3.88. The lowest BCUT2D eigenvalue weighted by atomic mass is 10.0. The van der Waals surface area contributed by atoms with Crippen molar-refractivity contribution >= 4 is 27.3 Å². The van der Waals surface area contributed by atoms with Gasteiger partial charge < -0.3 is 15.5 Å². The number of aromatic nitrogens is 1. The van der Waals surface area contributed by atoms with Crippen LogP contribution in [-0.4, -0.2) is 15.2 Å². The van der Waals surface area contributed by atoms with Crippen molar-refractivity contribution in [3.63, 3.8) is 0 Å². The first-order chi connectivity index (χ1) is 9.63. The molecule has 3 N–H and O–H groups in total. The first-order valence-electron chi connectivity index (χ1n) is 6.52. The highest BCUT2D eigenvalue weighted by Crippen LogP contribution is 2.41. The molecule has 1 aromatic carbocycles. The molecule has 0 saturated heterocycles. The first kappa shape index (κ1) is 13.5. The van der Waals surface area contributed by atoms with Gasteiger partial charge in [-0.2, -0.15) is 0 Å². The molecule has 0 spiro atoms.